The Morgan fingerprint density at radius 2 is 1.95 bits per heavy atom. The predicted octanol–water partition coefficient (Wildman–Crippen LogP) is 3.93. The number of rotatable bonds is 7. The van der Waals surface area contributed by atoms with Crippen LogP contribution in [0.1, 0.15) is 24.3 Å². The highest BCUT2D eigenvalue weighted by atomic mass is 32.1. The summed E-state index contributed by atoms with van der Waals surface area (Å²) in [6, 6.07) is 13.7. The maximum atomic E-state index is 3.35. The Labute approximate surface area is 126 Å². The number of anilines is 1. The van der Waals surface area contributed by atoms with Crippen molar-refractivity contribution in [2.75, 3.05) is 18.5 Å². The second-order valence-electron chi connectivity index (χ2n) is 5.19. The lowest BCUT2D eigenvalue weighted by Gasteiger charge is -2.27. The van der Waals surface area contributed by atoms with Crippen LogP contribution in [0.3, 0.4) is 0 Å². The van der Waals surface area contributed by atoms with E-state index in [2.05, 4.69) is 72.9 Å². The van der Waals surface area contributed by atoms with Gasteiger partial charge in [-0.15, -0.1) is 11.3 Å². The summed E-state index contributed by atoms with van der Waals surface area (Å²) in [5.41, 5.74) is 2.63. The third-order valence-corrected chi connectivity index (χ3v) is 4.56. The zero-order valence-corrected chi connectivity index (χ0v) is 13.4. The van der Waals surface area contributed by atoms with Gasteiger partial charge in [0.15, 0.2) is 0 Å². The Kier molecular flexibility index (Phi) is 5.62. The second kappa shape index (κ2) is 7.46. The van der Waals surface area contributed by atoms with Crippen molar-refractivity contribution in [3.05, 3.63) is 52.2 Å². The number of nitrogens with zero attached hydrogens (tertiary/aromatic N) is 1. The molecule has 2 nitrogen and oxygen atoms in total. The summed E-state index contributed by atoms with van der Waals surface area (Å²) in [7, 11) is 2.18. The van der Waals surface area contributed by atoms with Crippen LogP contribution in [0.4, 0.5) is 5.69 Å². The highest BCUT2D eigenvalue weighted by Crippen LogP contribution is 2.20. The molecule has 0 saturated heterocycles. The van der Waals surface area contributed by atoms with Crippen LogP contribution >= 0.6 is 11.3 Å². The van der Waals surface area contributed by atoms with Crippen molar-refractivity contribution in [3.63, 3.8) is 0 Å². The Bertz CT molecular complexity index is 490. The fourth-order valence-corrected chi connectivity index (χ4v) is 3.06. The molecular weight excluding hydrogens is 264 g/mol. The molecule has 1 aromatic heterocycles. The van der Waals surface area contributed by atoms with E-state index in [0.717, 1.165) is 19.5 Å². The van der Waals surface area contributed by atoms with E-state index in [9.17, 15) is 0 Å². The molecule has 1 unspecified atom stereocenters. The van der Waals surface area contributed by atoms with Crippen molar-refractivity contribution in [3.8, 4) is 0 Å². The lowest BCUT2D eigenvalue weighted by Crippen LogP contribution is -2.30. The normalized spacial score (nSPS) is 12.3. The van der Waals surface area contributed by atoms with Gasteiger partial charge in [-0.05, 0) is 42.6 Å². The minimum atomic E-state index is 0.508. The summed E-state index contributed by atoms with van der Waals surface area (Å²) < 4.78 is 0. The van der Waals surface area contributed by atoms with E-state index in [1.165, 1.54) is 16.1 Å². The Balaban J connectivity index is 1.95. The molecule has 0 amide bonds. The first-order chi connectivity index (χ1) is 9.70. The fraction of sp³-hybridized carbons (Fsp3) is 0.412. The van der Waals surface area contributed by atoms with Crippen molar-refractivity contribution >= 4 is 17.0 Å². The molecule has 1 aromatic carbocycles. The van der Waals surface area contributed by atoms with Gasteiger partial charge in [-0.1, -0.05) is 25.1 Å². The Morgan fingerprint density at radius 3 is 2.55 bits per heavy atom. The number of hydrogen-bond donors (Lipinski definition) is 1. The van der Waals surface area contributed by atoms with Gasteiger partial charge in [-0.2, -0.15) is 0 Å². The van der Waals surface area contributed by atoms with Crippen molar-refractivity contribution in [2.24, 2.45) is 0 Å². The van der Waals surface area contributed by atoms with Crippen LogP contribution in [-0.4, -0.2) is 19.6 Å². The van der Waals surface area contributed by atoms with E-state index in [-0.39, 0.29) is 0 Å². The average molecular weight is 288 g/mol. The molecule has 2 aromatic rings. The molecule has 0 aliphatic rings. The third kappa shape index (κ3) is 4.09. The smallest absolute Gasteiger partial charge is 0.0366 e. The molecule has 0 saturated carbocycles. The largest absolute Gasteiger partial charge is 0.372 e. The highest BCUT2D eigenvalue weighted by molar-refractivity contribution is 7.09. The topological polar surface area (TPSA) is 15.3 Å². The van der Waals surface area contributed by atoms with Crippen LogP contribution in [0.15, 0.2) is 41.8 Å². The van der Waals surface area contributed by atoms with Crippen molar-refractivity contribution < 1.29 is 0 Å². The van der Waals surface area contributed by atoms with Crippen LogP contribution in [0, 0.1) is 0 Å². The minimum absolute atomic E-state index is 0.508. The molecular formula is C17H24N2S. The van der Waals surface area contributed by atoms with Gasteiger partial charge < -0.3 is 10.2 Å². The van der Waals surface area contributed by atoms with Crippen LogP contribution in [0.25, 0.3) is 0 Å². The molecule has 1 heterocycles. The van der Waals surface area contributed by atoms with Crippen LogP contribution < -0.4 is 10.2 Å². The van der Waals surface area contributed by atoms with Gasteiger partial charge in [0.25, 0.3) is 0 Å². The molecule has 1 atom stereocenters. The molecule has 3 heteroatoms. The number of likely N-dealkylation sites (N-methyl/N-ethyl adjacent to an activating group) is 1. The van der Waals surface area contributed by atoms with Crippen LogP contribution in [0.5, 0.6) is 0 Å². The first kappa shape index (κ1) is 15.1. The Morgan fingerprint density at radius 1 is 1.20 bits per heavy atom. The van der Waals surface area contributed by atoms with Crippen molar-refractivity contribution in [2.45, 2.75) is 32.9 Å². The summed E-state index contributed by atoms with van der Waals surface area (Å²) in [5, 5.41) is 5.50. The quantitative estimate of drug-likeness (QED) is 0.830. The zero-order valence-electron chi connectivity index (χ0n) is 12.6. The Hall–Kier alpha value is -1.32. The maximum Gasteiger partial charge on any atom is 0.0366 e. The number of hydrogen-bond acceptors (Lipinski definition) is 3. The van der Waals surface area contributed by atoms with Gasteiger partial charge in [0.2, 0.25) is 0 Å². The average Bonchev–Trinajstić information content (AvgIpc) is 2.97. The van der Waals surface area contributed by atoms with Gasteiger partial charge >= 0.3 is 0 Å². The van der Waals surface area contributed by atoms with E-state index in [1.807, 2.05) is 11.3 Å². The van der Waals surface area contributed by atoms with Gasteiger partial charge in [0, 0.05) is 36.6 Å². The highest BCUT2D eigenvalue weighted by Gasteiger charge is 2.11. The molecule has 1 N–H and O–H groups in total. The molecule has 0 aliphatic heterocycles. The lowest BCUT2D eigenvalue weighted by molar-refractivity contribution is 0.687. The van der Waals surface area contributed by atoms with E-state index in [1.54, 1.807) is 0 Å². The van der Waals surface area contributed by atoms with E-state index < -0.39 is 0 Å². The maximum absolute atomic E-state index is 3.35. The first-order valence-corrected chi connectivity index (χ1v) is 8.13. The number of thiophene rings is 1. The lowest BCUT2D eigenvalue weighted by atomic mass is 10.1. The second-order valence-corrected chi connectivity index (χ2v) is 6.22. The summed E-state index contributed by atoms with van der Waals surface area (Å²) in [6.07, 6.45) is 1.10. The van der Waals surface area contributed by atoms with E-state index in [4.69, 9.17) is 0 Å². The third-order valence-electron chi connectivity index (χ3n) is 3.66. The minimum Gasteiger partial charge on any atom is -0.372 e. The van der Waals surface area contributed by atoms with Crippen LogP contribution in [0.2, 0.25) is 0 Å². The van der Waals surface area contributed by atoms with Crippen LogP contribution in [-0.2, 0) is 13.0 Å². The summed E-state index contributed by atoms with van der Waals surface area (Å²) in [5.74, 6) is 0. The summed E-state index contributed by atoms with van der Waals surface area (Å²) in [4.78, 5) is 3.81. The molecule has 108 valence electrons. The van der Waals surface area contributed by atoms with Gasteiger partial charge in [-0.25, -0.2) is 0 Å². The van der Waals surface area contributed by atoms with E-state index >= 15 is 0 Å². The molecule has 2 rings (SSSR count). The number of benzene rings is 1. The predicted molar refractivity (Wildman–Crippen MR) is 89.7 cm³/mol. The SMILES string of the molecule is CCNCc1ccc(N(C)C(C)Cc2cccs2)cc1. The number of nitrogens with one attached hydrogen (secondary N) is 1. The fourth-order valence-electron chi connectivity index (χ4n) is 2.23. The summed E-state index contributed by atoms with van der Waals surface area (Å²) >= 11 is 1.84. The van der Waals surface area contributed by atoms with Gasteiger partial charge in [0.05, 0.1) is 0 Å². The van der Waals surface area contributed by atoms with Gasteiger partial charge in [0.1, 0.15) is 0 Å². The molecule has 0 fully saturated rings. The molecule has 0 bridgehead atoms. The zero-order chi connectivity index (χ0) is 14.4. The molecule has 0 aliphatic carbocycles. The van der Waals surface area contributed by atoms with Crippen molar-refractivity contribution in [1.82, 2.24) is 5.32 Å². The van der Waals surface area contributed by atoms with E-state index in [0.29, 0.717) is 6.04 Å². The molecule has 20 heavy (non-hydrogen) atoms. The molecule has 0 radical (unpaired) electrons. The monoisotopic (exact) mass is 288 g/mol. The first-order valence-electron chi connectivity index (χ1n) is 7.25. The van der Waals surface area contributed by atoms with Gasteiger partial charge in [-0.3, -0.25) is 0 Å². The standard InChI is InChI=1S/C17H24N2S/c1-4-18-13-15-7-9-16(10-8-15)19(3)14(2)12-17-6-5-11-20-17/h5-11,14,18H,4,12-13H2,1-3H3. The van der Waals surface area contributed by atoms with Crippen molar-refractivity contribution in [1.29, 1.82) is 0 Å². The summed E-state index contributed by atoms with van der Waals surface area (Å²) in [6.45, 7) is 6.38. The molecule has 0 spiro atoms.